The molecule has 0 amide bonds. The minimum absolute atomic E-state index is 0.376. The van der Waals surface area contributed by atoms with Crippen LogP contribution in [0.1, 0.15) is 33.6 Å². The van der Waals surface area contributed by atoms with E-state index in [2.05, 4.69) is 83.4 Å². The Morgan fingerprint density at radius 2 is 1.21 bits per heavy atom. The Morgan fingerprint density at radius 1 is 0.842 bits per heavy atom. The molecule has 0 aromatic carbocycles. The van der Waals surface area contributed by atoms with Crippen LogP contribution in [-0.2, 0) is 0 Å². The van der Waals surface area contributed by atoms with Crippen molar-refractivity contribution < 1.29 is 0 Å². The van der Waals surface area contributed by atoms with Crippen molar-refractivity contribution >= 4 is 22.9 Å². The number of hydrogen-bond donors (Lipinski definition) is 0. The molecule has 0 bridgehead atoms. The summed E-state index contributed by atoms with van der Waals surface area (Å²) in [6.45, 7) is 22.2. The lowest BCUT2D eigenvalue weighted by Gasteiger charge is -2.29. The lowest BCUT2D eigenvalue weighted by molar-refractivity contribution is 0.589. The van der Waals surface area contributed by atoms with E-state index in [1.807, 2.05) is 0 Å². The van der Waals surface area contributed by atoms with Gasteiger partial charge >= 0.3 is 0 Å². The van der Waals surface area contributed by atoms with Gasteiger partial charge < -0.3 is 0 Å². The number of hydrogen-bond acceptors (Lipinski definition) is 0. The zero-order valence-corrected chi connectivity index (χ0v) is 16.8. The van der Waals surface area contributed by atoms with Crippen LogP contribution < -0.4 is 0 Å². The first-order chi connectivity index (χ1) is 8.37. The largest absolute Gasteiger partial charge is 0.196 e. The third kappa shape index (κ3) is 9.50. The highest BCUT2D eigenvalue weighted by atomic mass is 28.3. The molecule has 0 nitrogen and oxygen atoms in total. The fourth-order valence-corrected chi connectivity index (χ4v) is 3.75. The Labute approximate surface area is 124 Å². The first-order valence-electron chi connectivity index (χ1n) is 7.76. The van der Waals surface area contributed by atoms with E-state index in [0.29, 0.717) is 12.0 Å². The molecular formula is C16H35BSi2. The maximum absolute atomic E-state index is 2.52. The molecule has 0 aliphatic rings. The second-order valence-electron chi connectivity index (χ2n) is 8.71. The molecule has 0 heterocycles. The maximum atomic E-state index is 2.52. The predicted molar refractivity (Wildman–Crippen MR) is 99.7 cm³/mol. The van der Waals surface area contributed by atoms with E-state index in [1.165, 1.54) is 12.8 Å². The Hall–Kier alpha value is -0.0213. The fourth-order valence-electron chi connectivity index (χ4n) is 2.18. The van der Waals surface area contributed by atoms with E-state index in [4.69, 9.17) is 0 Å². The van der Waals surface area contributed by atoms with Gasteiger partial charge in [-0.05, 0) is 5.31 Å². The highest BCUT2D eigenvalue weighted by Crippen LogP contribution is 2.35. The molecule has 0 rings (SSSR count). The summed E-state index contributed by atoms with van der Waals surface area (Å²) >= 11 is 0. The minimum atomic E-state index is -1.10. The van der Waals surface area contributed by atoms with Crippen LogP contribution in [0.3, 0.4) is 0 Å². The van der Waals surface area contributed by atoms with Crippen LogP contribution >= 0.6 is 0 Å². The summed E-state index contributed by atoms with van der Waals surface area (Å²) in [6.07, 6.45) is 2.56. The maximum Gasteiger partial charge on any atom is 0.196 e. The van der Waals surface area contributed by atoms with Gasteiger partial charge in [-0.2, -0.15) is 0 Å². The Kier molecular flexibility index (Phi) is 7.11. The van der Waals surface area contributed by atoms with Gasteiger partial charge in [-0.3, -0.25) is 0 Å². The third-order valence-electron chi connectivity index (χ3n) is 3.40. The first kappa shape index (κ1) is 19.0. The monoisotopic (exact) mass is 294 g/mol. The Morgan fingerprint density at radius 3 is 1.47 bits per heavy atom. The molecule has 110 valence electrons. The van der Waals surface area contributed by atoms with Crippen LogP contribution in [0, 0.1) is 0 Å². The summed E-state index contributed by atoms with van der Waals surface area (Å²) in [6, 6.07) is 0. The van der Waals surface area contributed by atoms with Crippen molar-refractivity contribution in [3.63, 3.8) is 0 Å². The summed E-state index contributed by atoms with van der Waals surface area (Å²) < 4.78 is 0. The summed E-state index contributed by atoms with van der Waals surface area (Å²) in [5.41, 5.74) is 5.03. The molecule has 0 aromatic rings. The summed E-state index contributed by atoms with van der Waals surface area (Å²) in [4.78, 5) is 0. The van der Waals surface area contributed by atoms with Crippen molar-refractivity contribution in [3.8, 4) is 0 Å². The summed E-state index contributed by atoms with van der Waals surface area (Å²) in [5, 5.41) is 0.376. The molecule has 0 fully saturated rings. The molecule has 0 saturated heterocycles. The van der Waals surface area contributed by atoms with Gasteiger partial charge in [0.25, 0.3) is 0 Å². The van der Waals surface area contributed by atoms with E-state index >= 15 is 0 Å². The van der Waals surface area contributed by atoms with E-state index in [9.17, 15) is 0 Å². The molecule has 0 aliphatic carbocycles. The second kappa shape index (κ2) is 7.12. The normalized spacial score (nSPS) is 14.6. The lowest BCUT2D eigenvalue weighted by Crippen LogP contribution is -2.28. The van der Waals surface area contributed by atoms with Gasteiger partial charge in [-0.15, -0.1) is 23.3 Å². The van der Waals surface area contributed by atoms with Crippen LogP contribution in [0.5, 0.6) is 0 Å². The van der Waals surface area contributed by atoms with E-state index < -0.39 is 16.1 Å². The average Bonchev–Trinajstić information content (AvgIpc) is 2.13. The highest BCUT2D eigenvalue weighted by molar-refractivity contribution is 6.85. The van der Waals surface area contributed by atoms with Crippen LogP contribution in [0.2, 0.25) is 44.6 Å². The topological polar surface area (TPSA) is 0 Å². The molecule has 0 saturated carbocycles. The van der Waals surface area contributed by atoms with Gasteiger partial charge in [0, 0.05) is 0 Å². The van der Waals surface area contributed by atoms with Gasteiger partial charge in [0.1, 0.15) is 0 Å². The van der Waals surface area contributed by atoms with Gasteiger partial charge in [-0.1, -0.05) is 72.9 Å². The van der Waals surface area contributed by atoms with Crippen LogP contribution in [0.4, 0.5) is 0 Å². The molecule has 0 spiro atoms. The predicted octanol–water partition coefficient (Wildman–Crippen LogP) is 6.01. The molecule has 0 N–H and O–H groups in total. The molecule has 0 radical (unpaired) electrons. The highest BCUT2D eigenvalue weighted by Gasteiger charge is 2.29. The van der Waals surface area contributed by atoms with Crippen molar-refractivity contribution in [2.45, 2.75) is 78.2 Å². The zero-order valence-electron chi connectivity index (χ0n) is 14.8. The van der Waals surface area contributed by atoms with Gasteiger partial charge in [0.15, 0.2) is 6.71 Å². The van der Waals surface area contributed by atoms with Crippen molar-refractivity contribution in [1.29, 1.82) is 0 Å². The summed E-state index contributed by atoms with van der Waals surface area (Å²) in [7, 11) is -2.20. The standard InChI is InChI=1S/C16H35BSi2/c1-10-11-16(2,3)17(12-14-18(4,5)6)13-15-19(7,8)9/h12-15H,10-11H2,1-9H3. The van der Waals surface area contributed by atoms with E-state index in [0.717, 1.165) is 0 Å². The first-order valence-corrected chi connectivity index (χ1v) is 14.9. The van der Waals surface area contributed by atoms with E-state index in [-0.39, 0.29) is 0 Å². The van der Waals surface area contributed by atoms with Crippen LogP contribution in [0.25, 0.3) is 0 Å². The number of rotatable bonds is 7. The van der Waals surface area contributed by atoms with Crippen molar-refractivity contribution in [3.05, 3.63) is 23.3 Å². The minimum Gasteiger partial charge on any atom is -0.118 e. The fraction of sp³-hybridized carbons (Fsp3) is 0.750. The SMILES string of the molecule is CCCC(C)(C)B(C=C[Si](C)(C)C)C=C[Si](C)(C)C. The molecule has 0 aliphatic heterocycles. The Balaban J connectivity index is 5.16. The molecule has 0 aromatic heterocycles. The smallest absolute Gasteiger partial charge is 0.118 e. The van der Waals surface area contributed by atoms with Crippen molar-refractivity contribution in [2.24, 2.45) is 0 Å². The lowest BCUT2D eigenvalue weighted by atomic mass is 9.34. The van der Waals surface area contributed by atoms with E-state index in [1.54, 1.807) is 0 Å². The van der Waals surface area contributed by atoms with Crippen LogP contribution in [0.15, 0.2) is 23.3 Å². The average molecular weight is 294 g/mol. The molecule has 19 heavy (non-hydrogen) atoms. The quantitative estimate of drug-likeness (QED) is 0.505. The Bertz CT molecular complexity index is 293. The van der Waals surface area contributed by atoms with Gasteiger partial charge in [0.05, 0.1) is 16.1 Å². The molecular weight excluding hydrogens is 259 g/mol. The van der Waals surface area contributed by atoms with Gasteiger partial charge in [-0.25, -0.2) is 0 Å². The van der Waals surface area contributed by atoms with Gasteiger partial charge in [0.2, 0.25) is 0 Å². The second-order valence-corrected chi connectivity index (χ2v) is 18.8. The third-order valence-corrected chi connectivity index (χ3v) is 5.79. The van der Waals surface area contributed by atoms with Crippen LogP contribution in [-0.4, -0.2) is 22.9 Å². The zero-order chi connectivity index (χ0) is 15.3. The van der Waals surface area contributed by atoms with Crippen molar-refractivity contribution in [1.82, 2.24) is 0 Å². The molecule has 3 heteroatoms. The molecule has 0 unspecified atom stereocenters. The summed E-state index contributed by atoms with van der Waals surface area (Å²) in [5.74, 6) is 5.00. The van der Waals surface area contributed by atoms with Crippen molar-refractivity contribution in [2.75, 3.05) is 0 Å². The molecule has 0 atom stereocenters.